The van der Waals surface area contributed by atoms with Gasteiger partial charge in [-0.15, -0.1) is 0 Å². The van der Waals surface area contributed by atoms with Crippen molar-refractivity contribution >= 4 is 52.1 Å². The minimum absolute atomic E-state index is 0.438. The van der Waals surface area contributed by atoms with Crippen molar-refractivity contribution in [1.82, 2.24) is 19.5 Å². The van der Waals surface area contributed by atoms with E-state index < -0.39 is 18.3 Å². The first-order chi connectivity index (χ1) is 21.6. The molecule has 1 aliphatic heterocycles. The van der Waals surface area contributed by atoms with Gasteiger partial charge in [-0.3, -0.25) is 4.57 Å². The second kappa shape index (κ2) is 11.7. The predicted molar refractivity (Wildman–Crippen MR) is 188 cm³/mol. The minimum Gasteiger partial charge on any atom is -0.399 e. The van der Waals surface area contributed by atoms with Gasteiger partial charge in [0, 0.05) is 21.9 Å². The van der Waals surface area contributed by atoms with Gasteiger partial charge in [0.15, 0.2) is 11.6 Å². The Balaban J connectivity index is 1.69. The van der Waals surface area contributed by atoms with E-state index in [2.05, 4.69) is 95.2 Å². The van der Waals surface area contributed by atoms with E-state index >= 15 is 0 Å². The third-order valence-electron chi connectivity index (χ3n) is 8.91. The van der Waals surface area contributed by atoms with Crippen molar-refractivity contribution in [2.24, 2.45) is 0 Å². The lowest BCUT2D eigenvalue weighted by molar-refractivity contribution is 0.00578. The molecule has 226 valence electrons. The zero-order valence-corrected chi connectivity index (χ0v) is 27.1. The van der Waals surface area contributed by atoms with Crippen molar-refractivity contribution < 1.29 is 9.31 Å². The summed E-state index contributed by atoms with van der Waals surface area (Å²) in [6.45, 7) is 18.4. The molecule has 1 saturated heterocycles. The number of fused-ring (bicyclic) bond motifs is 3. The molecule has 0 radical (unpaired) electrons. The molecule has 0 N–H and O–H groups in total. The first kappa shape index (κ1) is 30.4. The summed E-state index contributed by atoms with van der Waals surface area (Å²) in [6.07, 6.45) is 12.0. The molecule has 6 nitrogen and oxygen atoms in total. The van der Waals surface area contributed by atoms with Gasteiger partial charge in [-0.05, 0) is 76.5 Å². The SMILES string of the molecule is C=C/C=C(\C=C/C)c1nc(-c2ccccc2)nc(-n2c3ccc(B4OC(C)(C)C(C)(C)O4)cc3c3c(=C/C)/c(=C\C)ccc32)n1. The molecule has 0 atom stereocenters. The average molecular weight is 595 g/mol. The van der Waals surface area contributed by atoms with Crippen LogP contribution in [0.5, 0.6) is 0 Å². The van der Waals surface area contributed by atoms with Crippen LogP contribution in [0.4, 0.5) is 0 Å². The quantitative estimate of drug-likeness (QED) is 0.162. The van der Waals surface area contributed by atoms with Crippen LogP contribution in [0.1, 0.15) is 54.3 Å². The van der Waals surface area contributed by atoms with Crippen molar-refractivity contribution in [1.29, 1.82) is 0 Å². The van der Waals surface area contributed by atoms with Crippen molar-refractivity contribution in [2.45, 2.75) is 59.7 Å². The maximum atomic E-state index is 6.46. The summed E-state index contributed by atoms with van der Waals surface area (Å²) in [6, 6.07) is 20.8. The van der Waals surface area contributed by atoms with Gasteiger partial charge in [0.25, 0.3) is 0 Å². The standard InChI is InChI=1S/C38H39BN4O2/c1-9-16-26(17-10-2)34-40-35(27-18-14-13-15-19-27)42-36(41-34)43-31-23-21-28(39-44-37(5,6)38(7,8)45-39)24-30(31)33-29(12-4)25(11-3)20-22-32(33)43/h9-24H,1H2,2-8H3/b17-10-,25-11-,26-16+,29-12+. The molecule has 0 aliphatic carbocycles. The molecule has 0 saturated carbocycles. The van der Waals surface area contributed by atoms with Gasteiger partial charge in [0.1, 0.15) is 0 Å². The highest BCUT2D eigenvalue weighted by Crippen LogP contribution is 2.37. The van der Waals surface area contributed by atoms with E-state index in [0.29, 0.717) is 17.6 Å². The molecule has 0 unspecified atom stereocenters. The molecule has 1 fully saturated rings. The molecule has 0 bridgehead atoms. The van der Waals surface area contributed by atoms with Crippen LogP contribution in [0.3, 0.4) is 0 Å². The number of nitrogens with zero attached hydrogens (tertiary/aromatic N) is 4. The fraction of sp³-hybridized carbons (Fsp3) is 0.237. The Labute approximate surface area is 265 Å². The lowest BCUT2D eigenvalue weighted by Crippen LogP contribution is -2.41. The highest BCUT2D eigenvalue weighted by atomic mass is 16.7. The van der Waals surface area contributed by atoms with Crippen LogP contribution in [0.25, 0.3) is 56.9 Å². The zero-order chi connectivity index (χ0) is 31.9. The lowest BCUT2D eigenvalue weighted by atomic mass is 9.78. The molecular weight excluding hydrogens is 555 g/mol. The molecule has 45 heavy (non-hydrogen) atoms. The van der Waals surface area contributed by atoms with Crippen LogP contribution in [-0.2, 0) is 9.31 Å². The monoisotopic (exact) mass is 594 g/mol. The second-order valence-electron chi connectivity index (χ2n) is 12.2. The largest absolute Gasteiger partial charge is 0.494 e. The number of rotatable bonds is 6. The molecule has 2 aromatic heterocycles. The van der Waals surface area contributed by atoms with E-state index in [0.717, 1.165) is 48.8 Å². The van der Waals surface area contributed by atoms with Crippen LogP contribution >= 0.6 is 0 Å². The Kier molecular flexibility index (Phi) is 7.94. The van der Waals surface area contributed by atoms with Gasteiger partial charge < -0.3 is 9.31 Å². The molecule has 7 heteroatoms. The molecule has 0 amide bonds. The maximum absolute atomic E-state index is 6.46. The van der Waals surface area contributed by atoms with Gasteiger partial charge >= 0.3 is 7.12 Å². The fourth-order valence-electron chi connectivity index (χ4n) is 5.90. The second-order valence-corrected chi connectivity index (χ2v) is 12.2. The Morgan fingerprint density at radius 2 is 1.56 bits per heavy atom. The number of aromatic nitrogens is 4. The summed E-state index contributed by atoms with van der Waals surface area (Å²) in [5.41, 5.74) is 3.85. The van der Waals surface area contributed by atoms with Crippen molar-refractivity contribution in [3.8, 4) is 17.3 Å². The van der Waals surface area contributed by atoms with E-state index in [9.17, 15) is 0 Å². The van der Waals surface area contributed by atoms with E-state index in [4.69, 9.17) is 24.3 Å². The van der Waals surface area contributed by atoms with Crippen molar-refractivity contribution in [3.05, 3.63) is 108 Å². The number of allylic oxidation sites excluding steroid dienone is 5. The van der Waals surface area contributed by atoms with Gasteiger partial charge in [-0.2, -0.15) is 9.97 Å². The molecule has 1 aliphatic rings. The lowest BCUT2D eigenvalue weighted by Gasteiger charge is -2.32. The van der Waals surface area contributed by atoms with Crippen LogP contribution in [-0.4, -0.2) is 37.8 Å². The zero-order valence-electron chi connectivity index (χ0n) is 27.1. The summed E-state index contributed by atoms with van der Waals surface area (Å²) in [5, 5.41) is 4.52. The Morgan fingerprint density at radius 3 is 2.20 bits per heavy atom. The summed E-state index contributed by atoms with van der Waals surface area (Å²) in [4.78, 5) is 15.1. The number of benzene rings is 3. The summed E-state index contributed by atoms with van der Waals surface area (Å²) < 4.78 is 15.1. The molecule has 5 aromatic rings. The third kappa shape index (κ3) is 5.26. The number of hydrogen-bond acceptors (Lipinski definition) is 5. The molecular formula is C38H39BN4O2. The van der Waals surface area contributed by atoms with Gasteiger partial charge in [0.05, 0.1) is 22.2 Å². The summed E-state index contributed by atoms with van der Waals surface area (Å²) in [7, 11) is -0.478. The fourth-order valence-corrected chi connectivity index (χ4v) is 5.90. The van der Waals surface area contributed by atoms with Crippen molar-refractivity contribution in [2.75, 3.05) is 0 Å². The third-order valence-corrected chi connectivity index (χ3v) is 8.91. The maximum Gasteiger partial charge on any atom is 0.494 e. The highest BCUT2D eigenvalue weighted by molar-refractivity contribution is 6.62. The van der Waals surface area contributed by atoms with Gasteiger partial charge in [0.2, 0.25) is 5.95 Å². The number of hydrogen-bond donors (Lipinski definition) is 0. The average Bonchev–Trinajstić information content (AvgIpc) is 3.48. The Hall–Kier alpha value is -4.59. The topological polar surface area (TPSA) is 62.1 Å². The predicted octanol–water partition coefficient (Wildman–Crippen LogP) is 6.68. The molecule has 3 aromatic carbocycles. The van der Waals surface area contributed by atoms with Crippen LogP contribution in [0.2, 0.25) is 0 Å². The smallest absolute Gasteiger partial charge is 0.399 e. The normalized spacial score (nSPS) is 17.3. The molecule has 0 spiro atoms. The Bertz CT molecular complexity index is 2110. The van der Waals surface area contributed by atoms with Crippen molar-refractivity contribution in [3.63, 3.8) is 0 Å². The Morgan fingerprint density at radius 1 is 0.844 bits per heavy atom. The molecule has 6 rings (SSSR count). The van der Waals surface area contributed by atoms with E-state index in [-0.39, 0.29) is 0 Å². The van der Waals surface area contributed by atoms with Gasteiger partial charge in [-0.25, -0.2) is 4.98 Å². The van der Waals surface area contributed by atoms with Crippen LogP contribution in [0, 0.1) is 0 Å². The molecule has 3 heterocycles. The minimum atomic E-state index is -0.478. The first-order valence-electron chi connectivity index (χ1n) is 15.5. The van der Waals surface area contributed by atoms with E-state index in [1.165, 1.54) is 0 Å². The van der Waals surface area contributed by atoms with E-state index in [1.54, 1.807) is 6.08 Å². The highest BCUT2D eigenvalue weighted by Gasteiger charge is 2.51. The summed E-state index contributed by atoms with van der Waals surface area (Å²) in [5.74, 6) is 1.71. The van der Waals surface area contributed by atoms with Crippen LogP contribution < -0.4 is 15.9 Å². The summed E-state index contributed by atoms with van der Waals surface area (Å²) >= 11 is 0. The van der Waals surface area contributed by atoms with E-state index in [1.807, 2.05) is 55.5 Å². The van der Waals surface area contributed by atoms with Gasteiger partial charge in [-0.1, -0.05) is 91.6 Å². The van der Waals surface area contributed by atoms with Crippen LogP contribution in [0.15, 0.2) is 91.5 Å². The first-order valence-corrected chi connectivity index (χ1v) is 15.5.